The van der Waals surface area contributed by atoms with Crippen molar-refractivity contribution in [2.75, 3.05) is 13.1 Å². The van der Waals surface area contributed by atoms with E-state index in [-0.39, 0.29) is 40.9 Å². The molecule has 146 valence electrons. The summed E-state index contributed by atoms with van der Waals surface area (Å²) in [6, 6.07) is 6.05. The van der Waals surface area contributed by atoms with Gasteiger partial charge in [0.25, 0.3) is 11.6 Å². The average Bonchev–Trinajstić information content (AvgIpc) is 3.10. The molecule has 0 aromatic carbocycles. The number of hydrogen-bond donors (Lipinski definition) is 0. The van der Waals surface area contributed by atoms with Crippen molar-refractivity contribution < 1.29 is 22.5 Å². The fourth-order valence-corrected chi connectivity index (χ4v) is 3.63. The van der Waals surface area contributed by atoms with Gasteiger partial charge in [0.15, 0.2) is 0 Å². The first-order valence-corrected chi connectivity index (χ1v) is 8.89. The van der Waals surface area contributed by atoms with E-state index in [1.54, 1.807) is 23.1 Å². The van der Waals surface area contributed by atoms with E-state index < -0.39 is 11.7 Å². The van der Waals surface area contributed by atoms with Crippen LogP contribution < -0.4 is 0 Å². The molecule has 28 heavy (non-hydrogen) atoms. The molecule has 0 radical (unpaired) electrons. The zero-order chi connectivity index (χ0) is 19.9. The molecule has 1 atom stereocenters. The number of aryl methyl sites for hydroxylation is 1. The minimum Gasteiger partial charge on any atom is -0.337 e. The summed E-state index contributed by atoms with van der Waals surface area (Å²) in [5.41, 5.74) is -0.220. The third-order valence-corrected chi connectivity index (χ3v) is 4.89. The molecule has 1 amide bonds. The number of carbonyl (C=O) groups excluding carboxylic acids is 1. The quantitative estimate of drug-likeness (QED) is 0.662. The fourth-order valence-electron chi connectivity index (χ4n) is 3.63. The Kier molecular flexibility index (Phi) is 4.52. The second-order valence-corrected chi connectivity index (χ2v) is 6.86. The summed E-state index contributed by atoms with van der Waals surface area (Å²) < 4.78 is 45.9. The maximum absolute atomic E-state index is 13.6. The minimum absolute atomic E-state index is 0.116. The van der Waals surface area contributed by atoms with Crippen LogP contribution in [0.4, 0.5) is 13.2 Å². The molecular weight excluding hydrogens is 373 g/mol. The molecule has 6 nitrogen and oxygen atoms in total. The first kappa shape index (κ1) is 18.4. The Morgan fingerprint density at radius 1 is 1.32 bits per heavy atom. The highest BCUT2D eigenvalue weighted by Gasteiger charge is 2.38. The summed E-state index contributed by atoms with van der Waals surface area (Å²) in [6.45, 7) is 2.25. The Balaban J connectivity index is 1.69. The van der Waals surface area contributed by atoms with Crippen LogP contribution in [0.1, 0.15) is 46.2 Å². The van der Waals surface area contributed by atoms with Crippen LogP contribution in [0.5, 0.6) is 0 Å². The van der Waals surface area contributed by atoms with Gasteiger partial charge in [0, 0.05) is 30.9 Å². The van der Waals surface area contributed by atoms with E-state index in [1.807, 2.05) is 0 Å². The zero-order valence-corrected chi connectivity index (χ0v) is 15.0. The number of fused-ring (bicyclic) bond motifs is 1. The lowest BCUT2D eigenvalue weighted by atomic mass is 9.91. The maximum atomic E-state index is 13.6. The maximum Gasteiger partial charge on any atom is 0.417 e. The number of nitrogens with zero attached hydrogens (tertiary/aromatic N) is 4. The Hall–Kier alpha value is -2.97. The third kappa shape index (κ3) is 3.32. The number of hydrogen-bond acceptors (Lipinski definition) is 5. The van der Waals surface area contributed by atoms with Crippen LogP contribution in [0.15, 0.2) is 35.0 Å². The van der Waals surface area contributed by atoms with Crippen molar-refractivity contribution >= 4 is 17.0 Å². The van der Waals surface area contributed by atoms with Crippen LogP contribution in [0.25, 0.3) is 11.1 Å². The summed E-state index contributed by atoms with van der Waals surface area (Å²) in [5, 5.41) is 3.79. The Morgan fingerprint density at radius 2 is 2.14 bits per heavy atom. The van der Waals surface area contributed by atoms with E-state index >= 15 is 0 Å². The molecule has 1 aliphatic heterocycles. The number of pyridine rings is 2. The topological polar surface area (TPSA) is 72.1 Å². The van der Waals surface area contributed by atoms with Crippen molar-refractivity contribution in [2.45, 2.75) is 31.9 Å². The van der Waals surface area contributed by atoms with Gasteiger partial charge in [-0.1, -0.05) is 11.2 Å². The normalized spacial score (nSPS) is 17.9. The highest BCUT2D eigenvalue weighted by molar-refractivity contribution is 5.92. The summed E-state index contributed by atoms with van der Waals surface area (Å²) in [5.74, 6) is -0.614. The van der Waals surface area contributed by atoms with Crippen LogP contribution in [0, 0.1) is 6.92 Å². The van der Waals surface area contributed by atoms with Gasteiger partial charge in [0.1, 0.15) is 5.69 Å². The van der Waals surface area contributed by atoms with E-state index in [0.29, 0.717) is 25.1 Å². The lowest BCUT2D eigenvalue weighted by Gasteiger charge is -2.31. The molecule has 3 aromatic rings. The second-order valence-electron chi connectivity index (χ2n) is 6.86. The Bertz CT molecular complexity index is 1020. The Labute approximate surface area is 158 Å². The molecule has 1 aliphatic rings. The molecule has 4 heterocycles. The molecule has 4 rings (SSSR count). The van der Waals surface area contributed by atoms with E-state index in [4.69, 9.17) is 4.52 Å². The number of halogens is 3. The number of rotatable bonds is 2. The van der Waals surface area contributed by atoms with Gasteiger partial charge in [-0.05, 0) is 38.0 Å². The van der Waals surface area contributed by atoms with Crippen LogP contribution >= 0.6 is 0 Å². The minimum atomic E-state index is -4.55. The molecule has 1 saturated heterocycles. The van der Waals surface area contributed by atoms with E-state index in [9.17, 15) is 18.0 Å². The third-order valence-electron chi connectivity index (χ3n) is 4.89. The SMILES string of the molecule is Cc1cc(C(F)(F)F)c2c([C@@H]3CCCN(C(=O)c4ccccn4)C3)noc2n1. The summed E-state index contributed by atoms with van der Waals surface area (Å²) in [4.78, 5) is 22.4. The molecular formula is C19H17F3N4O2. The molecule has 0 saturated carbocycles. The molecule has 3 aromatic heterocycles. The monoisotopic (exact) mass is 390 g/mol. The van der Waals surface area contributed by atoms with Gasteiger partial charge in [-0.2, -0.15) is 13.2 Å². The first-order valence-electron chi connectivity index (χ1n) is 8.89. The standard InChI is InChI=1S/C19H17F3N4O2/c1-11-9-13(19(20,21)22)15-16(25-28-17(15)24-11)12-5-4-8-26(10-12)18(27)14-6-2-3-7-23-14/h2-3,6-7,9,12H,4-5,8,10H2,1H3/t12-/m1/s1. The lowest BCUT2D eigenvalue weighted by molar-refractivity contribution is -0.136. The van der Waals surface area contributed by atoms with Crippen LogP contribution in [-0.2, 0) is 6.18 Å². The van der Waals surface area contributed by atoms with Gasteiger partial charge in [0.05, 0.1) is 16.6 Å². The average molecular weight is 390 g/mol. The zero-order valence-electron chi connectivity index (χ0n) is 15.0. The summed E-state index contributed by atoms with van der Waals surface area (Å²) >= 11 is 0. The second kappa shape index (κ2) is 6.88. The molecule has 9 heteroatoms. The van der Waals surface area contributed by atoms with E-state index in [1.165, 1.54) is 13.1 Å². The summed E-state index contributed by atoms with van der Waals surface area (Å²) in [6.07, 6.45) is -1.76. The number of piperidine rings is 1. The number of likely N-dealkylation sites (tertiary alicyclic amines) is 1. The number of aromatic nitrogens is 3. The highest BCUT2D eigenvalue weighted by atomic mass is 19.4. The van der Waals surface area contributed by atoms with Crippen molar-refractivity contribution in [1.29, 1.82) is 0 Å². The molecule has 0 N–H and O–H groups in total. The number of amides is 1. The van der Waals surface area contributed by atoms with Gasteiger partial charge >= 0.3 is 6.18 Å². The fraction of sp³-hybridized carbons (Fsp3) is 0.368. The van der Waals surface area contributed by atoms with Gasteiger partial charge in [0.2, 0.25) is 0 Å². The van der Waals surface area contributed by atoms with Crippen molar-refractivity contribution in [3.05, 3.63) is 53.1 Å². The largest absolute Gasteiger partial charge is 0.417 e. The van der Waals surface area contributed by atoms with Crippen LogP contribution in [-0.4, -0.2) is 39.0 Å². The lowest BCUT2D eigenvalue weighted by Crippen LogP contribution is -2.39. The van der Waals surface area contributed by atoms with Crippen molar-refractivity contribution in [2.24, 2.45) is 0 Å². The highest BCUT2D eigenvalue weighted by Crippen LogP contribution is 2.40. The van der Waals surface area contributed by atoms with Crippen molar-refractivity contribution in [3.63, 3.8) is 0 Å². The molecule has 0 spiro atoms. The number of carbonyl (C=O) groups is 1. The predicted molar refractivity (Wildman–Crippen MR) is 93.7 cm³/mol. The van der Waals surface area contributed by atoms with Gasteiger partial charge in [-0.25, -0.2) is 4.98 Å². The van der Waals surface area contributed by atoms with Gasteiger partial charge < -0.3 is 9.42 Å². The van der Waals surface area contributed by atoms with E-state index in [2.05, 4.69) is 15.1 Å². The van der Waals surface area contributed by atoms with Crippen LogP contribution in [0.2, 0.25) is 0 Å². The van der Waals surface area contributed by atoms with E-state index in [0.717, 1.165) is 6.07 Å². The number of alkyl halides is 3. The first-order chi connectivity index (χ1) is 13.3. The van der Waals surface area contributed by atoms with Gasteiger partial charge in [-0.3, -0.25) is 9.78 Å². The van der Waals surface area contributed by atoms with Gasteiger partial charge in [-0.15, -0.1) is 0 Å². The molecule has 0 aliphatic carbocycles. The molecule has 0 unspecified atom stereocenters. The molecule has 0 bridgehead atoms. The smallest absolute Gasteiger partial charge is 0.337 e. The van der Waals surface area contributed by atoms with Crippen molar-refractivity contribution in [3.8, 4) is 0 Å². The summed E-state index contributed by atoms with van der Waals surface area (Å²) in [7, 11) is 0. The Morgan fingerprint density at radius 3 is 2.86 bits per heavy atom. The van der Waals surface area contributed by atoms with Crippen LogP contribution in [0.3, 0.4) is 0 Å². The van der Waals surface area contributed by atoms with Crippen molar-refractivity contribution in [1.82, 2.24) is 20.0 Å². The molecule has 1 fully saturated rings. The predicted octanol–water partition coefficient (Wildman–Crippen LogP) is 3.96.